The average Bonchev–Trinajstić information content (AvgIpc) is 2.22. The highest BCUT2D eigenvalue weighted by molar-refractivity contribution is 5.45. The second-order valence-corrected chi connectivity index (χ2v) is 7.74. The Hall–Kier alpha value is -1.59. The molecule has 120 valence electrons. The molecule has 21 heavy (non-hydrogen) atoms. The van der Waals surface area contributed by atoms with Crippen LogP contribution in [0, 0.1) is 0 Å². The van der Waals surface area contributed by atoms with Crippen molar-refractivity contribution in [1.29, 1.82) is 0 Å². The molecule has 0 fully saturated rings. The fourth-order valence-corrected chi connectivity index (χ4v) is 1.54. The molecule has 6 heteroatoms. The number of hydrogen-bond donors (Lipinski definition) is 2. The van der Waals surface area contributed by atoms with Crippen molar-refractivity contribution < 1.29 is 0 Å². The van der Waals surface area contributed by atoms with E-state index < -0.39 is 0 Å². The van der Waals surface area contributed by atoms with E-state index in [1.54, 1.807) is 0 Å². The Bertz CT molecular complexity index is 436. The maximum absolute atomic E-state index is 4.52. The minimum atomic E-state index is -0.103. The van der Waals surface area contributed by atoms with Crippen LogP contribution < -0.4 is 15.5 Å². The molecular weight excluding hydrogens is 264 g/mol. The van der Waals surface area contributed by atoms with Gasteiger partial charge in [-0.15, -0.1) is 0 Å². The van der Waals surface area contributed by atoms with E-state index in [2.05, 4.69) is 81.0 Å². The van der Waals surface area contributed by atoms with Crippen LogP contribution in [0.15, 0.2) is 0 Å². The molecule has 0 saturated carbocycles. The van der Waals surface area contributed by atoms with E-state index >= 15 is 0 Å². The largest absolute Gasteiger partial charge is 0.349 e. The van der Waals surface area contributed by atoms with Crippen molar-refractivity contribution in [3.8, 4) is 0 Å². The lowest BCUT2D eigenvalue weighted by Gasteiger charge is -2.26. The second-order valence-electron chi connectivity index (χ2n) is 7.74. The van der Waals surface area contributed by atoms with E-state index in [1.807, 2.05) is 11.9 Å². The fourth-order valence-electron chi connectivity index (χ4n) is 1.54. The predicted molar refractivity (Wildman–Crippen MR) is 90.1 cm³/mol. The summed E-state index contributed by atoms with van der Waals surface area (Å²) in [5.74, 6) is 1.84. The Morgan fingerprint density at radius 2 is 1.19 bits per heavy atom. The van der Waals surface area contributed by atoms with Crippen LogP contribution in [0.1, 0.15) is 55.4 Å². The molecule has 0 aromatic carbocycles. The summed E-state index contributed by atoms with van der Waals surface area (Å²) in [6, 6.07) is 0.317. The Balaban J connectivity index is 3.19. The molecule has 6 nitrogen and oxygen atoms in total. The highest BCUT2D eigenvalue weighted by Gasteiger charge is 2.19. The van der Waals surface area contributed by atoms with E-state index in [0.29, 0.717) is 23.9 Å². The zero-order valence-electron chi connectivity index (χ0n) is 14.9. The maximum Gasteiger partial charge on any atom is 0.231 e. The van der Waals surface area contributed by atoms with Gasteiger partial charge in [0.15, 0.2) is 0 Å². The highest BCUT2D eigenvalue weighted by Crippen LogP contribution is 2.19. The number of nitrogens with zero attached hydrogens (tertiary/aromatic N) is 4. The monoisotopic (exact) mass is 294 g/mol. The summed E-state index contributed by atoms with van der Waals surface area (Å²) in [4.78, 5) is 15.6. The Morgan fingerprint density at radius 3 is 1.48 bits per heavy atom. The first kappa shape index (κ1) is 17.5. The lowest BCUT2D eigenvalue weighted by atomic mass is 10.1. The summed E-state index contributed by atoms with van der Waals surface area (Å²) in [6.07, 6.45) is 0. The Kier molecular flexibility index (Phi) is 5.02. The summed E-state index contributed by atoms with van der Waals surface area (Å²) in [7, 11) is 1.99. The van der Waals surface area contributed by atoms with Crippen molar-refractivity contribution >= 4 is 17.8 Å². The van der Waals surface area contributed by atoms with E-state index in [9.17, 15) is 0 Å². The lowest BCUT2D eigenvalue weighted by molar-refractivity contribution is 0.614. The van der Waals surface area contributed by atoms with Gasteiger partial charge in [-0.05, 0) is 55.4 Å². The van der Waals surface area contributed by atoms with Gasteiger partial charge in [0.05, 0.1) is 0 Å². The Morgan fingerprint density at radius 1 is 0.810 bits per heavy atom. The summed E-state index contributed by atoms with van der Waals surface area (Å²) >= 11 is 0. The van der Waals surface area contributed by atoms with Crippen LogP contribution in [0.2, 0.25) is 0 Å². The lowest BCUT2D eigenvalue weighted by Crippen LogP contribution is -2.33. The van der Waals surface area contributed by atoms with Crippen molar-refractivity contribution in [3.63, 3.8) is 0 Å². The van der Waals surface area contributed by atoms with Gasteiger partial charge in [-0.3, -0.25) is 0 Å². The van der Waals surface area contributed by atoms with Gasteiger partial charge in [-0.2, -0.15) is 15.0 Å². The number of rotatable bonds is 4. The molecule has 0 unspecified atom stereocenters. The van der Waals surface area contributed by atoms with Crippen LogP contribution in [0.3, 0.4) is 0 Å². The van der Waals surface area contributed by atoms with Gasteiger partial charge >= 0.3 is 0 Å². The minimum absolute atomic E-state index is 0.103. The number of aromatic nitrogens is 3. The van der Waals surface area contributed by atoms with Gasteiger partial charge in [0.1, 0.15) is 0 Å². The molecule has 1 aromatic rings. The molecule has 0 amide bonds. The summed E-state index contributed by atoms with van der Waals surface area (Å²) < 4.78 is 0. The zero-order chi connectivity index (χ0) is 16.4. The third-order valence-electron chi connectivity index (χ3n) is 2.69. The first-order chi connectivity index (χ1) is 9.37. The molecule has 0 atom stereocenters. The standard InChI is InChI=1S/C15H30N6/c1-10(2)21(9)13-17-11(19-14(3,4)5)16-12(18-13)20-15(6,7)8/h10H,1-9H3,(H2,16,17,18,19,20). The molecule has 0 aliphatic heterocycles. The Labute approximate surface area is 128 Å². The van der Waals surface area contributed by atoms with Gasteiger partial charge in [-0.25, -0.2) is 0 Å². The van der Waals surface area contributed by atoms with Crippen molar-refractivity contribution in [1.82, 2.24) is 15.0 Å². The van der Waals surface area contributed by atoms with E-state index in [-0.39, 0.29) is 11.1 Å². The van der Waals surface area contributed by atoms with Gasteiger partial charge in [0.2, 0.25) is 17.8 Å². The molecule has 0 aliphatic carbocycles. The highest BCUT2D eigenvalue weighted by atomic mass is 15.3. The van der Waals surface area contributed by atoms with E-state index in [4.69, 9.17) is 0 Å². The average molecular weight is 294 g/mol. The maximum atomic E-state index is 4.52. The van der Waals surface area contributed by atoms with Crippen LogP contribution >= 0.6 is 0 Å². The molecule has 0 saturated heterocycles. The summed E-state index contributed by atoms with van der Waals surface area (Å²) in [6.45, 7) is 16.7. The van der Waals surface area contributed by atoms with Crippen LogP contribution in [-0.4, -0.2) is 39.1 Å². The van der Waals surface area contributed by atoms with Crippen LogP contribution in [0.4, 0.5) is 17.8 Å². The SMILES string of the molecule is CC(C)N(C)c1nc(NC(C)(C)C)nc(NC(C)(C)C)n1. The fraction of sp³-hybridized carbons (Fsp3) is 0.800. The molecule has 0 radical (unpaired) electrons. The van der Waals surface area contributed by atoms with Gasteiger partial charge in [0.25, 0.3) is 0 Å². The normalized spacial score (nSPS) is 12.5. The number of nitrogens with one attached hydrogen (secondary N) is 2. The zero-order valence-corrected chi connectivity index (χ0v) is 14.9. The van der Waals surface area contributed by atoms with Crippen LogP contribution in [-0.2, 0) is 0 Å². The molecule has 0 bridgehead atoms. The third-order valence-corrected chi connectivity index (χ3v) is 2.69. The first-order valence-corrected chi connectivity index (χ1v) is 7.43. The minimum Gasteiger partial charge on any atom is -0.349 e. The smallest absolute Gasteiger partial charge is 0.231 e. The third kappa shape index (κ3) is 6.14. The van der Waals surface area contributed by atoms with Crippen LogP contribution in [0.5, 0.6) is 0 Å². The molecular formula is C15H30N6. The van der Waals surface area contributed by atoms with Gasteiger partial charge in [-0.1, -0.05) is 0 Å². The number of anilines is 3. The van der Waals surface area contributed by atoms with Gasteiger partial charge < -0.3 is 15.5 Å². The van der Waals surface area contributed by atoms with Crippen molar-refractivity contribution in [3.05, 3.63) is 0 Å². The van der Waals surface area contributed by atoms with Gasteiger partial charge in [0, 0.05) is 24.2 Å². The van der Waals surface area contributed by atoms with Crippen molar-refractivity contribution in [2.24, 2.45) is 0 Å². The summed E-state index contributed by atoms with van der Waals surface area (Å²) in [5.41, 5.74) is -0.206. The molecule has 2 N–H and O–H groups in total. The molecule has 1 heterocycles. The van der Waals surface area contributed by atoms with Crippen molar-refractivity contribution in [2.75, 3.05) is 22.6 Å². The van der Waals surface area contributed by atoms with Crippen LogP contribution in [0.25, 0.3) is 0 Å². The quantitative estimate of drug-likeness (QED) is 0.889. The topological polar surface area (TPSA) is 66.0 Å². The summed E-state index contributed by atoms with van der Waals surface area (Å²) in [5, 5.41) is 6.63. The molecule has 0 aliphatic rings. The molecule has 1 rings (SSSR count). The second kappa shape index (κ2) is 6.03. The molecule has 1 aromatic heterocycles. The van der Waals surface area contributed by atoms with Crippen molar-refractivity contribution in [2.45, 2.75) is 72.5 Å². The van der Waals surface area contributed by atoms with E-state index in [0.717, 1.165) is 0 Å². The predicted octanol–water partition coefficient (Wildman–Crippen LogP) is 3.14. The molecule has 0 spiro atoms. The van der Waals surface area contributed by atoms with E-state index in [1.165, 1.54) is 0 Å². The number of hydrogen-bond acceptors (Lipinski definition) is 6. The first-order valence-electron chi connectivity index (χ1n) is 7.43.